The molecule has 3 aromatic rings. The lowest BCUT2D eigenvalue weighted by Crippen LogP contribution is -2.55. The van der Waals surface area contributed by atoms with Crippen molar-refractivity contribution < 1.29 is 0 Å². The van der Waals surface area contributed by atoms with Gasteiger partial charge in [0.05, 0.1) is 12.1 Å². The molecule has 0 unspecified atom stereocenters. The van der Waals surface area contributed by atoms with Crippen molar-refractivity contribution in [2.45, 2.75) is 28.3 Å². The van der Waals surface area contributed by atoms with Gasteiger partial charge in [-0.15, -0.1) is 0 Å². The minimum absolute atomic E-state index is 0.137. The van der Waals surface area contributed by atoms with Crippen LogP contribution in [0.3, 0.4) is 0 Å². The van der Waals surface area contributed by atoms with E-state index < -0.39 is 0 Å². The Morgan fingerprint density at radius 2 is 0.750 bits per heavy atom. The second-order valence-corrected chi connectivity index (χ2v) is 9.31. The molecule has 6 aliphatic rings. The van der Waals surface area contributed by atoms with Crippen molar-refractivity contribution in [3.63, 3.8) is 0 Å². The molecule has 0 saturated heterocycles. The highest BCUT2D eigenvalue weighted by Crippen LogP contribution is 3.05. The van der Waals surface area contributed by atoms with Crippen LogP contribution in [-0.2, 0) is 16.2 Å². The highest BCUT2D eigenvalue weighted by Gasteiger charge is 3.11. The monoisotopic (exact) mass is 360 g/mol. The fourth-order valence-corrected chi connectivity index (χ4v) is 9.24. The average molecular weight is 360 g/mol. The fraction of sp³-hybridized carbons (Fsp3) is 0.308. The second-order valence-electron chi connectivity index (χ2n) is 9.31. The molecule has 3 aromatic carbocycles. The fourth-order valence-electron chi connectivity index (χ4n) is 9.24. The summed E-state index contributed by atoms with van der Waals surface area (Å²) < 4.78 is 0. The highest BCUT2D eigenvalue weighted by molar-refractivity contribution is 5.80. The van der Waals surface area contributed by atoms with E-state index in [4.69, 9.17) is 10.2 Å². The van der Waals surface area contributed by atoms with Crippen molar-refractivity contribution in [3.8, 4) is 0 Å². The van der Waals surface area contributed by atoms with Crippen molar-refractivity contribution in [2.24, 2.45) is 28.0 Å². The Kier molecular flexibility index (Phi) is 2.12. The maximum atomic E-state index is 4.82. The normalized spacial score (nSPS) is 47.2. The Morgan fingerprint density at radius 3 is 1.11 bits per heavy atom. The Hall–Kier alpha value is -2.74. The summed E-state index contributed by atoms with van der Waals surface area (Å²) in [4.78, 5) is 0. The van der Waals surface area contributed by atoms with E-state index in [1.54, 1.807) is 0 Å². The molecule has 1 heterocycles. The first-order valence-corrected chi connectivity index (χ1v) is 10.5. The summed E-state index contributed by atoms with van der Waals surface area (Å²) in [7, 11) is 0. The van der Waals surface area contributed by atoms with Crippen LogP contribution in [0.2, 0.25) is 0 Å². The molecule has 0 aromatic heterocycles. The summed E-state index contributed by atoms with van der Waals surface area (Å²) in [5.74, 6) is 1.84. The Morgan fingerprint density at radius 1 is 0.429 bits per heavy atom. The number of hydrogen-bond acceptors (Lipinski definition) is 2. The summed E-state index contributed by atoms with van der Waals surface area (Å²) in [6.07, 6.45) is 0. The molecule has 5 bridgehead atoms. The SMILES string of the molecule is c1ccc(C23C4[C@H]5N=N[C@H]4[C@H]4[C@H]5[C@]2(c2ccccc2)[C@@]43c2ccccc2)cc1. The molecule has 6 atom stereocenters. The van der Waals surface area contributed by atoms with Crippen molar-refractivity contribution in [1.29, 1.82) is 0 Å². The lowest BCUT2D eigenvalue weighted by atomic mass is 9.52. The van der Waals surface area contributed by atoms with Gasteiger partial charge < -0.3 is 0 Å². The summed E-state index contributed by atoms with van der Waals surface area (Å²) in [6.45, 7) is 0. The molecule has 0 N–H and O–H groups in total. The second kappa shape index (κ2) is 4.15. The molecule has 5 saturated carbocycles. The first-order chi connectivity index (χ1) is 13.9. The molecule has 2 heteroatoms. The number of hydrogen-bond donors (Lipinski definition) is 0. The largest absolute Gasteiger partial charge is 0.190 e. The van der Waals surface area contributed by atoms with E-state index in [1.807, 2.05) is 0 Å². The Balaban J connectivity index is 1.52. The van der Waals surface area contributed by atoms with Crippen molar-refractivity contribution in [2.75, 3.05) is 0 Å². The summed E-state index contributed by atoms with van der Waals surface area (Å²) in [6, 6.07) is 34.9. The number of azo groups is 1. The number of nitrogens with zero attached hydrogens (tertiary/aromatic N) is 2. The molecule has 1 aliphatic heterocycles. The van der Waals surface area contributed by atoms with Crippen molar-refractivity contribution >= 4 is 0 Å². The van der Waals surface area contributed by atoms with Crippen LogP contribution >= 0.6 is 0 Å². The molecule has 5 fully saturated rings. The van der Waals surface area contributed by atoms with Gasteiger partial charge in [0.2, 0.25) is 0 Å². The van der Waals surface area contributed by atoms with E-state index in [1.165, 1.54) is 16.7 Å². The van der Waals surface area contributed by atoms with Gasteiger partial charge in [-0.3, -0.25) is 0 Å². The first kappa shape index (κ1) is 14.3. The predicted molar refractivity (Wildman–Crippen MR) is 107 cm³/mol. The van der Waals surface area contributed by atoms with Crippen LogP contribution in [-0.4, -0.2) is 12.1 Å². The zero-order valence-electron chi connectivity index (χ0n) is 15.4. The van der Waals surface area contributed by atoms with E-state index in [0.29, 0.717) is 29.8 Å². The molecule has 28 heavy (non-hydrogen) atoms. The van der Waals surface area contributed by atoms with Gasteiger partial charge in [0.25, 0.3) is 0 Å². The lowest BCUT2D eigenvalue weighted by molar-refractivity contribution is 0.0825. The van der Waals surface area contributed by atoms with E-state index in [-0.39, 0.29) is 16.2 Å². The van der Waals surface area contributed by atoms with Gasteiger partial charge in [-0.05, 0) is 16.7 Å². The smallest absolute Gasteiger partial charge is 0.0807 e. The zero-order chi connectivity index (χ0) is 18.1. The van der Waals surface area contributed by atoms with Gasteiger partial charge in [-0.1, -0.05) is 91.0 Å². The molecule has 0 spiro atoms. The van der Waals surface area contributed by atoms with Crippen LogP contribution < -0.4 is 0 Å². The summed E-state index contributed by atoms with van der Waals surface area (Å²) in [5.41, 5.74) is 5.05. The van der Waals surface area contributed by atoms with Crippen LogP contribution in [0.1, 0.15) is 16.7 Å². The third kappa shape index (κ3) is 1.00. The summed E-state index contributed by atoms with van der Waals surface area (Å²) in [5, 5.41) is 9.63. The van der Waals surface area contributed by atoms with Gasteiger partial charge >= 0.3 is 0 Å². The Bertz CT molecular complexity index is 1090. The van der Waals surface area contributed by atoms with Gasteiger partial charge in [0, 0.05) is 34.0 Å². The van der Waals surface area contributed by atoms with Crippen LogP contribution in [0.5, 0.6) is 0 Å². The number of rotatable bonds is 3. The van der Waals surface area contributed by atoms with Crippen LogP contribution in [0, 0.1) is 17.8 Å². The number of benzene rings is 3. The minimum atomic E-state index is 0.137. The third-order valence-corrected chi connectivity index (χ3v) is 9.18. The molecule has 0 amide bonds. The highest BCUT2D eigenvalue weighted by atomic mass is 15.3. The van der Waals surface area contributed by atoms with Gasteiger partial charge in [-0.25, -0.2) is 0 Å². The van der Waals surface area contributed by atoms with E-state index in [0.717, 1.165) is 0 Å². The Labute approximate surface area is 164 Å². The zero-order valence-corrected chi connectivity index (χ0v) is 15.4. The van der Waals surface area contributed by atoms with Crippen LogP contribution in [0.25, 0.3) is 0 Å². The standard InChI is InChI=1S/C26H20N2/c1-4-10-16(11-5-1)24-19-20-23-21(22(19)27-28-23)26(24,18-14-8-3-9-15-18)25(20,24)17-12-6-2-7-13-17/h1-15,19-23H/t19-,20-,21?,22+,23+,24-,25-,26?/m1/s1. The minimum Gasteiger partial charge on any atom is -0.190 e. The van der Waals surface area contributed by atoms with Crippen LogP contribution in [0.15, 0.2) is 101 Å². The third-order valence-electron chi connectivity index (χ3n) is 9.18. The molecule has 0 radical (unpaired) electrons. The van der Waals surface area contributed by atoms with E-state index in [2.05, 4.69) is 91.0 Å². The molecular weight excluding hydrogens is 340 g/mol. The molecule has 9 rings (SSSR count). The maximum Gasteiger partial charge on any atom is 0.0807 e. The lowest BCUT2D eigenvalue weighted by Gasteiger charge is -2.51. The summed E-state index contributed by atoms with van der Waals surface area (Å²) >= 11 is 0. The maximum absolute atomic E-state index is 4.82. The van der Waals surface area contributed by atoms with Gasteiger partial charge in [-0.2, -0.15) is 10.2 Å². The molecule has 2 nitrogen and oxygen atoms in total. The average Bonchev–Trinajstić information content (AvgIpc) is 3.21. The van der Waals surface area contributed by atoms with Crippen molar-refractivity contribution in [1.82, 2.24) is 0 Å². The topological polar surface area (TPSA) is 24.7 Å². The van der Waals surface area contributed by atoms with Gasteiger partial charge in [0.1, 0.15) is 0 Å². The van der Waals surface area contributed by atoms with E-state index >= 15 is 0 Å². The predicted octanol–water partition coefficient (Wildman–Crippen LogP) is 4.91. The van der Waals surface area contributed by atoms with Crippen LogP contribution in [0.4, 0.5) is 0 Å². The first-order valence-electron chi connectivity index (χ1n) is 10.5. The van der Waals surface area contributed by atoms with Gasteiger partial charge in [0.15, 0.2) is 0 Å². The quantitative estimate of drug-likeness (QED) is 0.634. The van der Waals surface area contributed by atoms with Crippen molar-refractivity contribution in [3.05, 3.63) is 108 Å². The molecule has 134 valence electrons. The van der Waals surface area contributed by atoms with E-state index in [9.17, 15) is 0 Å². The molecule has 5 aliphatic carbocycles. The molecular formula is C26H20N2.